The van der Waals surface area contributed by atoms with Crippen LogP contribution >= 0.6 is 0 Å². The number of hydrogen-bond acceptors (Lipinski definition) is 14. The molecule has 0 saturated carbocycles. The van der Waals surface area contributed by atoms with Crippen LogP contribution < -0.4 is 4.18 Å². The summed E-state index contributed by atoms with van der Waals surface area (Å²) in [4.78, 5) is -2.32. The Bertz CT molecular complexity index is 3100. The number of aryl methyl sites for hydroxylation is 2. The van der Waals surface area contributed by atoms with E-state index in [4.69, 9.17) is 4.18 Å². The number of rotatable bonds is 11. The molecule has 0 aromatic heterocycles. The summed E-state index contributed by atoms with van der Waals surface area (Å²) in [5.41, 5.74) is -0.896. The van der Waals surface area contributed by atoms with Crippen molar-refractivity contribution in [2.24, 2.45) is 20.5 Å². The second kappa shape index (κ2) is 15.2. The van der Waals surface area contributed by atoms with Crippen LogP contribution in [0.15, 0.2) is 149 Å². The summed E-state index contributed by atoms with van der Waals surface area (Å²) in [5, 5.41) is 26.7. The number of aromatic hydroxyl groups is 1. The molecule has 0 aliphatic heterocycles. The molecule has 0 saturated heterocycles. The summed E-state index contributed by atoms with van der Waals surface area (Å²) < 4.78 is 136. The Balaban J connectivity index is 1.37. The summed E-state index contributed by atoms with van der Waals surface area (Å²) in [6, 6.07) is 23.5. The zero-order valence-electron chi connectivity index (χ0n) is 29.3. The Morgan fingerprint density at radius 2 is 0.930 bits per heavy atom. The van der Waals surface area contributed by atoms with Crippen molar-refractivity contribution in [1.29, 1.82) is 0 Å². The topological polar surface area (TPSA) is 276 Å². The lowest BCUT2D eigenvalue weighted by atomic mass is 9.99. The number of phenols is 1. The first-order chi connectivity index (χ1) is 26.6. The summed E-state index contributed by atoms with van der Waals surface area (Å²) >= 11 is 0. The molecule has 0 aliphatic carbocycles. The Hall–Kier alpha value is -5.94. The molecule has 6 rings (SSSR count). The summed E-state index contributed by atoms with van der Waals surface area (Å²) in [6.07, 6.45) is 0. The quantitative estimate of drug-likeness (QED) is 0.0544. The lowest BCUT2D eigenvalue weighted by molar-refractivity contribution is 0.478. The molecule has 4 N–H and O–H groups in total. The molecule has 57 heavy (non-hydrogen) atoms. The van der Waals surface area contributed by atoms with E-state index < -0.39 is 66.6 Å². The summed E-state index contributed by atoms with van der Waals surface area (Å²) in [6.45, 7) is 2.90. The fourth-order valence-electron chi connectivity index (χ4n) is 5.57. The normalized spacial score (nSPS) is 12.8. The predicted octanol–water partition coefficient (Wildman–Crippen LogP) is 8.17. The lowest BCUT2D eigenvalue weighted by Gasteiger charge is -2.15. The van der Waals surface area contributed by atoms with Gasteiger partial charge in [-0.15, -0.1) is 5.11 Å². The predicted molar refractivity (Wildman–Crippen MR) is 205 cm³/mol. The first-order valence-corrected chi connectivity index (χ1v) is 21.8. The molecular weight excluding hydrogens is 825 g/mol. The molecule has 0 aliphatic rings. The van der Waals surface area contributed by atoms with Gasteiger partial charge in [-0.1, -0.05) is 42.5 Å². The molecule has 6 aromatic rings. The van der Waals surface area contributed by atoms with Crippen molar-refractivity contribution in [3.05, 3.63) is 120 Å². The van der Waals surface area contributed by atoms with Crippen LogP contribution in [0.1, 0.15) is 11.1 Å². The molecule has 294 valence electrons. The fourth-order valence-corrected chi connectivity index (χ4v) is 8.65. The Kier molecular flexibility index (Phi) is 10.9. The first kappa shape index (κ1) is 40.7. The molecule has 0 fully saturated rings. The summed E-state index contributed by atoms with van der Waals surface area (Å²) in [7, 11) is -19.2. The number of azo groups is 2. The SMILES string of the molecule is Cc1cc(-c2cc(C)c(N=Nc3cc(S(=O)(=O)O)c4ccccc4c3O)cc2S(=O)(=O)O)c(S(=O)(=O)O)cc1N=Nc1ccc(OS(=O)(=O)c2ccccc2)cc1. The highest BCUT2D eigenvalue weighted by Crippen LogP contribution is 2.42. The van der Waals surface area contributed by atoms with Gasteiger partial charge in [0.25, 0.3) is 30.4 Å². The molecule has 0 atom stereocenters. The molecule has 0 bridgehead atoms. The van der Waals surface area contributed by atoms with Crippen molar-refractivity contribution in [2.75, 3.05) is 0 Å². The van der Waals surface area contributed by atoms with Crippen LogP contribution in [0.3, 0.4) is 0 Å². The first-order valence-electron chi connectivity index (χ1n) is 16.0. The van der Waals surface area contributed by atoms with E-state index in [-0.39, 0.29) is 60.7 Å². The van der Waals surface area contributed by atoms with Crippen LogP contribution in [0.2, 0.25) is 0 Å². The maximum atomic E-state index is 12.7. The molecular formula is C36H28N4O13S4. The van der Waals surface area contributed by atoms with Gasteiger partial charge in [0.1, 0.15) is 31.0 Å². The highest BCUT2D eigenvalue weighted by Gasteiger charge is 2.27. The van der Waals surface area contributed by atoms with E-state index in [2.05, 4.69) is 20.5 Å². The highest BCUT2D eigenvalue weighted by atomic mass is 32.2. The van der Waals surface area contributed by atoms with E-state index in [0.29, 0.717) is 0 Å². The second-order valence-corrected chi connectivity index (χ2v) is 17.9. The van der Waals surface area contributed by atoms with Gasteiger partial charge in [-0.05, 0) is 91.7 Å². The van der Waals surface area contributed by atoms with Crippen molar-refractivity contribution < 1.29 is 56.6 Å². The zero-order chi connectivity index (χ0) is 41.5. The van der Waals surface area contributed by atoms with Crippen molar-refractivity contribution in [1.82, 2.24) is 0 Å². The lowest BCUT2D eigenvalue weighted by Crippen LogP contribution is -2.09. The minimum Gasteiger partial charge on any atom is -0.505 e. The second-order valence-electron chi connectivity index (χ2n) is 12.2. The van der Waals surface area contributed by atoms with Gasteiger partial charge in [0, 0.05) is 21.9 Å². The van der Waals surface area contributed by atoms with Gasteiger partial charge in [0.15, 0.2) is 5.75 Å². The van der Waals surface area contributed by atoms with E-state index in [1.54, 1.807) is 6.07 Å². The molecule has 0 amide bonds. The fraction of sp³-hybridized carbons (Fsp3) is 0.0556. The van der Waals surface area contributed by atoms with E-state index >= 15 is 0 Å². The zero-order valence-corrected chi connectivity index (χ0v) is 32.5. The van der Waals surface area contributed by atoms with Crippen LogP contribution in [0.5, 0.6) is 11.5 Å². The van der Waals surface area contributed by atoms with Crippen molar-refractivity contribution in [2.45, 2.75) is 33.4 Å². The molecule has 0 radical (unpaired) electrons. The molecule has 21 heteroatoms. The molecule has 17 nitrogen and oxygen atoms in total. The minimum atomic E-state index is -5.16. The maximum absolute atomic E-state index is 12.7. The highest BCUT2D eigenvalue weighted by molar-refractivity contribution is 7.87. The van der Waals surface area contributed by atoms with Gasteiger partial charge in [-0.25, -0.2) is 0 Å². The number of nitrogens with zero attached hydrogens (tertiary/aromatic N) is 4. The van der Waals surface area contributed by atoms with Gasteiger partial charge < -0.3 is 9.29 Å². The Morgan fingerprint density at radius 1 is 0.491 bits per heavy atom. The maximum Gasteiger partial charge on any atom is 0.339 e. The van der Waals surface area contributed by atoms with Gasteiger partial charge in [0.2, 0.25) is 0 Å². The van der Waals surface area contributed by atoms with Crippen LogP contribution in [-0.2, 0) is 40.5 Å². The number of phenolic OH excluding ortho intramolecular Hbond substituents is 1. The number of hydrogen-bond donors (Lipinski definition) is 4. The minimum absolute atomic E-state index is 0.00280. The standard InChI is InChI=1S/C36H28N4O13S4/c1-21-16-28(34(55(45,46)47)18-30(21)38-37-23-12-14-24(15-13-23)53-57(51,52)25-8-4-3-5-9-25)29-17-22(2)31(19-35(29)56(48,49)50)39-40-32-20-33(54(42,43)44)26-10-6-7-11-27(26)36(32)41/h3-20,41H,1-2H3,(H,42,43,44)(H,45,46,47)(H,48,49,50). The summed E-state index contributed by atoms with van der Waals surface area (Å²) in [5.74, 6) is -0.542. The Morgan fingerprint density at radius 3 is 1.44 bits per heavy atom. The van der Waals surface area contributed by atoms with E-state index in [0.717, 1.165) is 24.3 Å². The van der Waals surface area contributed by atoms with Crippen LogP contribution in [-0.4, -0.2) is 52.4 Å². The average Bonchev–Trinajstić information content (AvgIpc) is 3.13. The number of benzene rings is 6. The third-order valence-corrected chi connectivity index (χ3v) is 12.2. The van der Waals surface area contributed by atoms with Gasteiger partial charge in [-0.3, -0.25) is 13.7 Å². The van der Waals surface area contributed by atoms with E-state index in [1.807, 2.05) is 0 Å². The molecule has 0 heterocycles. The monoisotopic (exact) mass is 852 g/mol. The van der Waals surface area contributed by atoms with E-state index in [1.165, 1.54) is 92.7 Å². The Labute approximate surface area is 326 Å². The van der Waals surface area contributed by atoms with Gasteiger partial charge in [0.05, 0.1) is 17.1 Å². The van der Waals surface area contributed by atoms with Crippen LogP contribution in [0.25, 0.3) is 21.9 Å². The third-order valence-electron chi connectivity index (χ3n) is 8.29. The van der Waals surface area contributed by atoms with Gasteiger partial charge in [-0.2, -0.15) is 49.0 Å². The van der Waals surface area contributed by atoms with Crippen molar-refractivity contribution in [3.8, 4) is 22.6 Å². The largest absolute Gasteiger partial charge is 0.505 e. The third kappa shape index (κ3) is 8.89. The van der Waals surface area contributed by atoms with E-state index in [9.17, 15) is 52.4 Å². The molecule has 0 unspecified atom stereocenters. The molecule has 0 spiro atoms. The average molecular weight is 853 g/mol. The van der Waals surface area contributed by atoms with Crippen molar-refractivity contribution >= 4 is 74.0 Å². The number of fused-ring (bicyclic) bond motifs is 1. The van der Waals surface area contributed by atoms with Crippen molar-refractivity contribution in [3.63, 3.8) is 0 Å². The smallest absolute Gasteiger partial charge is 0.339 e. The molecule has 6 aromatic carbocycles. The van der Waals surface area contributed by atoms with Crippen LogP contribution in [0, 0.1) is 13.8 Å². The van der Waals surface area contributed by atoms with Gasteiger partial charge >= 0.3 is 10.1 Å². The van der Waals surface area contributed by atoms with Crippen LogP contribution in [0.4, 0.5) is 22.7 Å².